The van der Waals surface area contributed by atoms with Crippen LogP contribution in [-0.4, -0.2) is 51.9 Å². The lowest BCUT2D eigenvalue weighted by Gasteiger charge is -2.13. The second-order valence-electron chi connectivity index (χ2n) is 6.97. The smallest absolute Gasteiger partial charge is 0.326 e. The predicted octanol–water partition coefficient (Wildman–Crippen LogP) is 3.26. The second-order valence-corrected chi connectivity index (χ2v) is 8.36. The number of aromatic nitrogens is 1. The van der Waals surface area contributed by atoms with Gasteiger partial charge in [0, 0.05) is 28.5 Å². The number of hydrogen-bond donors (Lipinski definition) is 0. The summed E-state index contributed by atoms with van der Waals surface area (Å²) >= 11 is 7.38. The van der Waals surface area contributed by atoms with Crippen LogP contribution in [-0.2, 0) is 27.3 Å². The SMILES string of the molecule is Cc1cc(C(=O)COC(=O)CN2CSCC2=O)c(C)n1CCc1ccc(Cl)cc1. The molecule has 1 amide bonds. The second kappa shape index (κ2) is 9.50. The third kappa shape index (κ3) is 5.42. The van der Waals surface area contributed by atoms with Crippen molar-refractivity contribution in [2.45, 2.75) is 26.8 Å². The number of nitrogens with zero attached hydrogens (tertiary/aromatic N) is 2. The summed E-state index contributed by atoms with van der Waals surface area (Å²) in [5.74, 6) is -0.0233. The van der Waals surface area contributed by atoms with E-state index in [0.717, 1.165) is 24.4 Å². The van der Waals surface area contributed by atoms with Gasteiger partial charge in [0.1, 0.15) is 6.54 Å². The number of esters is 1. The number of Topliss-reactive ketones (excluding diaryl/α,β-unsaturated/α-hetero) is 1. The molecule has 8 heteroatoms. The van der Waals surface area contributed by atoms with E-state index in [9.17, 15) is 14.4 Å². The van der Waals surface area contributed by atoms with Crippen molar-refractivity contribution in [3.63, 3.8) is 0 Å². The van der Waals surface area contributed by atoms with Crippen LogP contribution in [0.15, 0.2) is 30.3 Å². The van der Waals surface area contributed by atoms with Crippen LogP contribution in [0.25, 0.3) is 0 Å². The summed E-state index contributed by atoms with van der Waals surface area (Å²) in [7, 11) is 0. The Balaban J connectivity index is 1.56. The van der Waals surface area contributed by atoms with Gasteiger partial charge in [0.2, 0.25) is 11.7 Å². The molecule has 0 saturated carbocycles. The van der Waals surface area contributed by atoms with Gasteiger partial charge in [-0.15, -0.1) is 11.8 Å². The average Bonchev–Trinajstić information content (AvgIpc) is 3.22. The van der Waals surface area contributed by atoms with Gasteiger partial charge in [-0.3, -0.25) is 14.4 Å². The molecule has 1 aromatic heterocycles. The van der Waals surface area contributed by atoms with Gasteiger partial charge in [-0.1, -0.05) is 23.7 Å². The zero-order chi connectivity index (χ0) is 21.0. The van der Waals surface area contributed by atoms with Crippen LogP contribution in [0.1, 0.15) is 27.3 Å². The molecule has 1 saturated heterocycles. The number of rotatable bonds is 8. The van der Waals surface area contributed by atoms with Gasteiger partial charge in [0.15, 0.2) is 6.61 Å². The molecule has 29 heavy (non-hydrogen) atoms. The summed E-state index contributed by atoms with van der Waals surface area (Å²) < 4.78 is 7.19. The van der Waals surface area contributed by atoms with E-state index >= 15 is 0 Å². The van der Waals surface area contributed by atoms with Gasteiger partial charge in [-0.05, 0) is 44.0 Å². The number of aryl methyl sites for hydroxylation is 2. The van der Waals surface area contributed by atoms with E-state index in [2.05, 4.69) is 4.57 Å². The number of carbonyl (C=O) groups is 3. The maximum Gasteiger partial charge on any atom is 0.326 e. The van der Waals surface area contributed by atoms with Crippen molar-refractivity contribution in [2.24, 2.45) is 0 Å². The minimum absolute atomic E-state index is 0.0810. The topological polar surface area (TPSA) is 68.6 Å². The molecule has 2 heterocycles. The van der Waals surface area contributed by atoms with Crippen LogP contribution >= 0.6 is 23.4 Å². The summed E-state index contributed by atoms with van der Waals surface area (Å²) in [6.07, 6.45) is 0.817. The van der Waals surface area contributed by atoms with Crippen molar-refractivity contribution >= 4 is 41.0 Å². The zero-order valence-corrected chi connectivity index (χ0v) is 18.0. The number of benzene rings is 1. The Kier molecular flexibility index (Phi) is 7.03. The zero-order valence-electron chi connectivity index (χ0n) is 16.4. The Bertz CT molecular complexity index is 924. The largest absolute Gasteiger partial charge is 0.456 e. The summed E-state index contributed by atoms with van der Waals surface area (Å²) in [5.41, 5.74) is 3.55. The highest BCUT2D eigenvalue weighted by molar-refractivity contribution is 8.00. The van der Waals surface area contributed by atoms with Gasteiger partial charge in [0.05, 0.1) is 11.6 Å². The van der Waals surface area contributed by atoms with Gasteiger partial charge >= 0.3 is 5.97 Å². The number of ether oxygens (including phenoxy) is 1. The minimum atomic E-state index is -0.564. The molecule has 1 aliphatic heterocycles. The van der Waals surface area contributed by atoms with Crippen LogP contribution in [0.3, 0.4) is 0 Å². The molecular formula is C21H23ClN2O4S. The monoisotopic (exact) mass is 434 g/mol. The van der Waals surface area contributed by atoms with E-state index in [-0.39, 0.29) is 24.8 Å². The van der Waals surface area contributed by atoms with Gasteiger partial charge in [0.25, 0.3) is 0 Å². The molecule has 2 aromatic rings. The van der Waals surface area contributed by atoms with E-state index in [1.165, 1.54) is 22.2 Å². The Hall–Kier alpha value is -2.25. The highest BCUT2D eigenvalue weighted by atomic mass is 35.5. The molecule has 1 aliphatic rings. The summed E-state index contributed by atoms with van der Waals surface area (Å²) in [5, 5.41) is 0.706. The average molecular weight is 435 g/mol. The van der Waals surface area contributed by atoms with Crippen LogP contribution in [0.5, 0.6) is 0 Å². The van der Waals surface area contributed by atoms with E-state index in [1.54, 1.807) is 0 Å². The maximum absolute atomic E-state index is 12.6. The summed E-state index contributed by atoms with van der Waals surface area (Å²) in [6, 6.07) is 9.54. The Labute approximate surface area is 179 Å². The molecule has 3 rings (SSSR count). The van der Waals surface area contributed by atoms with Crippen LogP contribution in [0.4, 0.5) is 0 Å². The lowest BCUT2D eigenvalue weighted by molar-refractivity contribution is -0.146. The maximum atomic E-state index is 12.6. The summed E-state index contributed by atoms with van der Waals surface area (Å²) in [6.45, 7) is 4.15. The standard InChI is InChI=1S/C21H23ClN2O4S/c1-14-9-18(15(2)24(14)8-7-16-3-5-17(22)6-4-16)19(25)11-28-21(27)10-23-13-29-12-20(23)26/h3-6,9H,7-8,10-13H2,1-2H3. The van der Waals surface area contributed by atoms with Crippen molar-refractivity contribution in [2.75, 3.05) is 24.8 Å². The number of ketones is 1. The molecule has 0 spiro atoms. The number of halogens is 1. The van der Waals surface area contributed by atoms with Crippen molar-refractivity contribution < 1.29 is 19.1 Å². The molecule has 0 aliphatic carbocycles. The molecular weight excluding hydrogens is 412 g/mol. The quantitative estimate of drug-likeness (QED) is 0.471. The molecule has 154 valence electrons. The van der Waals surface area contributed by atoms with Gasteiger partial charge in [-0.25, -0.2) is 0 Å². The molecule has 0 bridgehead atoms. The first-order chi connectivity index (χ1) is 13.8. The molecule has 0 radical (unpaired) electrons. The molecule has 1 aromatic carbocycles. The van der Waals surface area contributed by atoms with Crippen LogP contribution in [0.2, 0.25) is 5.02 Å². The number of thioether (sulfide) groups is 1. The first-order valence-electron chi connectivity index (χ1n) is 9.30. The fraction of sp³-hybridized carbons (Fsp3) is 0.381. The Morgan fingerprint density at radius 1 is 1.21 bits per heavy atom. The Morgan fingerprint density at radius 2 is 1.93 bits per heavy atom. The van der Waals surface area contributed by atoms with Crippen molar-refractivity contribution in [3.8, 4) is 0 Å². The third-order valence-electron chi connectivity index (χ3n) is 4.92. The van der Waals surface area contributed by atoms with Crippen molar-refractivity contribution in [1.82, 2.24) is 9.47 Å². The molecule has 6 nitrogen and oxygen atoms in total. The molecule has 1 fully saturated rings. The molecule has 0 atom stereocenters. The summed E-state index contributed by atoms with van der Waals surface area (Å²) in [4.78, 5) is 37.5. The van der Waals surface area contributed by atoms with E-state index in [0.29, 0.717) is 22.2 Å². The van der Waals surface area contributed by atoms with Crippen LogP contribution < -0.4 is 0 Å². The number of amides is 1. The lowest BCUT2D eigenvalue weighted by atomic mass is 10.1. The molecule has 0 unspecified atom stereocenters. The van der Waals surface area contributed by atoms with E-state index < -0.39 is 5.97 Å². The molecule has 0 N–H and O–H groups in total. The normalized spacial score (nSPS) is 13.8. The fourth-order valence-electron chi connectivity index (χ4n) is 3.28. The number of hydrogen-bond acceptors (Lipinski definition) is 5. The first kappa shape index (κ1) is 21.5. The highest BCUT2D eigenvalue weighted by Gasteiger charge is 2.24. The predicted molar refractivity (Wildman–Crippen MR) is 113 cm³/mol. The Morgan fingerprint density at radius 3 is 2.59 bits per heavy atom. The van der Waals surface area contributed by atoms with Crippen LogP contribution in [0, 0.1) is 13.8 Å². The van der Waals surface area contributed by atoms with Gasteiger partial charge < -0.3 is 14.2 Å². The van der Waals surface area contributed by atoms with Gasteiger partial charge in [-0.2, -0.15) is 0 Å². The highest BCUT2D eigenvalue weighted by Crippen LogP contribution is 2.18. The number of carbonyl (C=O) groups excluding carboxylic acids is 3. The third-order valence-corrected chi connectivity index (χ3v) is 6.12. The van der Waals surface area contributed by atoms with Crippen molar-refractivity contribution in [1.29, 1.82) is 0 Å². The first-order valence-corrected chi connectivity index (χ1v) is 10.8. The van der Waals surface area contributed by atoms with Crippen molar-refractivity contribution in [3.05, 3.63) is 57.9 Å². The van der Waals surface area contributed by atoms with E-state index in [4.69, 9.17) is 16.3 Å². The fourth-order valence-corrected chi connectivity index (χ4v) is 4.32. The van der Waals surface area contributed by atoms with E-state index in [1.807, 2.05) is 44.2 Å². The minimum Gasteiger partial charge on any atom is -0.456 e. The lowest BCUT2D eigenvalue weighted by Crippen LogP contribution is -2.33.